The molecule has 0 aliphatic carbocycles. The minimum Gasteiger partial charge on any atom is -0.308 e. The molecule has 1 aliphatic rings. The molecular weight excluding hydrogens is 222 g/mol. The number of hydrogen-bond acceptors (Lipinski definition) is 2. The van der Waals surface area contributed by atoms with Crippen LogP contribution in [0.1, 0.15) is 31.5 Å². The quantitative estimate of drug-likeness (QED) is 0.876. The van der Waals surface area contributed by atoms with Crippen molar-refractivity contribution < 1.29 is 0 Å². The van der Waals surface area contributed by atoms with Crippen LogP contribution in [-0.2, 0) is 0 Å². The minimum atomic E-state index is 0.418. The topological polar surface area (TPSA) is 29.9 Å². The van der Waals surface area contributed by atoms with Crippen LogP contribution in [0.15, 0.2) is 42.6 Å². The van der Waals surface area contributed by atoms with Crippen molar-refractivity contribution in [3.63, 3.8) is 0 Å². The van der Waals surface area contributed by atoms with E-state index < -0.39 is 0 Å². The number of para-hydroxylation sites is 1. The van der Waals surface area contributed by atoms with Gasteiger partial charge in [-0.3, -0.25) is 0 Å². The average molecular weight is 241 g/mol. The lowest BCUT2D eigenvalue weighted by atomic mass is 9.90. The van der Waals surface area contributed by atoms with E-state index in [-0.39, 0.29) is 0 Å². The summed E-state index contributed by atoms with van der Waals surface area (Å²) in [5, 5.41) is 8.09. The molecule has 1 aliphatic heterocycles. The maximum Gasteiger partial charge on any atom is 0.0649 e. The van der Waals surface area contributed by atoms with Crippen molar-refractivity contribution in [2.24, 2.45) is 5.92 Å². The highest BCUT2D eigenvalue weighted by Crippen LogP contribution is 2.29. The van der Waals surface area contributed by atoms with E-state index in [1.165, 1.54) is 18.5 Å². The highest BCUT2D eigenvalue weighted by Gasteiger charge is 2.25. The Morgan fingerprint density at radius 3 is 2.83 bits per heavy atom. The van der Waals surface area contributed by atoms with Crippen molar-refractivity contribution in [1.29, 1.82) is 0 Å². The highest BCUT2D eigenvalue weighted by molar-refractivity contribution is 5.33. The molecule has 3 heteroatoms. The summed E-state index contributed by atoms with van der Waals surface area (Å²) < 4.78 is 2.06. The number of nitrogens with zero attached hydrogens (tertiary/aromatic N) is 2. The number of rotatable bonds is 2. The molecule has 94 valence electrons. The fourth-order valence-corrected chi connectivity index (χ4v) is 2.78. The summed E-state index contributed by atoms with van der Waals surface area (Å²) in [4.78, 5) is 0. The molecule has 0 bridgehead atoms. The van der Waals surface area contributed by atoms with Crippen LogP contribution in [0, 0.1) is 5.92 Å². The van der Waals surface area contributed by atoms with Crippen molar-refractivity contribution in [3.05, 3.63) is 48.3 Å². The lowest BCUT2D eigenvalue weighted by Gasteiger charge is -2.30. The van der Waals surface area contributed by atoms with Gasteiger partial charge in [-0.2, -0.15) is 5.10 Å². The summed E-state index contributed by atoms with van der Waals surface area (Å²) in [6.07, 6.45) is 4.46. The molecule has 1 aromatic carbocycles. The first-order chi connectivity index (χ1) is 8.86. The van der Waals surface area contributed by atoms with Crippen LogP contribution in [0.3, 0.4) is 0 Å². The van der Waals surface area contributed by atoms with Crippen molar-refractivity contribution in [2.45, 2.75) is 25.8 Å². The van der Waals surface area contributed by atoms with Gasteiger partial charge in [-0.15, -0.1) is 0 Å². The van der Waals surface area contributed by atoms with Gasteiger partial charge in [0.2, 0.25) is 0 Å². The van der Waals surface area contributed by atoms with Gasteiger partial charge in [-0.05, 0) is 43.5 Å². The van der Waals surface area contributed by atoms with Gasteiger partial charge in [-0.1, -0.05) is 25.1 Å². The molecule has 0 amide bonds. The molecule has 0 spiro atoms. The third kappa shape index (κ3) is 2.06. The molecule has 1 saturated heterocycles. The van der Waals surface area contributed by atoms with Crippen molar-refractivity contribution in [2.75, 3.05) is 6.54 Å². The van der Waals surface area contributed by atoms with Gasteiger partial charge >= 0.3 is 0 Å². The Labute approximate surface area is 108 Å². The molecule has 1 aromatic heterocycles. The van der Waals surface area contributed by atoms with Crippen LogP contribution in [0.25, 0.3) is 5.69 Å². The molecule has 1 N–H and O–H groups in total. The van der Waals surface area contributed by atoms with Gasteiger partial charge in [0.1, 0.15) is 0 Å². The monoisotopic (exact) mass is 241 g/mol. The number of aromatic nitrogens is 2. The predicted octanol–water partition coefficient (Wildman–Crippen LogP) is 2.93. The zero-order chi connectivity index (χ0) is 12.4. The molecule has 1 fully saturated rings. The number of nitrogens with one attached hydrogen (secondary N) is 1. The third-order valence-electron chi connectivity index (χ3n) is 3.76. The van der Waals surface area contributed by atoms with Crippen LogP contribution in [0.5, 0.6) is 0 Å². The lowest BCUT2D eigenvalue weighted by molar-refractivity contribution is 0.296. The van der Waals surface area contributed by atoms with Crippen molar-refractivity contribution >= 4 is 0 Å². The van der Waals surface area contributed by atoms with Crippen LogP contribution in [0.4, 0.5) is 0 Å². The van der Waals surface area contributed by atoms with E-state index in [0.717, 1.165) is 12.2 Å². The summed E-state index contributed by atoms with van der Waals surface area (Å²) in [6, 6.07) is 12.9. The van der Waals surface area contributed by atoms with E-state index in [2.05, 4.69) is 52.4 Å². The van der Waals surface area contributed by atoms with E-state index in [1.54, 1.807) is 0 Å². The predicted molar refractivity (Wildman–Crippen MR) is 72.7 cm³/mol. The van der Waals surface area contributed by atoms with E-state index in [9.17, 15) is 0 Å². The Morgan fingerprint density at radius 1 is 1.22 bits per heavy atom. The van der Waals surface area contributed by atoms with Gasteiger partial charge in [-0.25, -0.2) is 4.68 Å². The van der Waals surface area contributed by atoms with E-state index >= 15 is 0 Å². The fourth-order valence-electron chi connectivity index (χ4n) is 2.78. The second kappa shape index (κ2) is 4.94. The Hall–Kier alpha value is -1.61. The number of benzene rings is 1. The van der Waals surface area contributed by atoms with E-state index in [1.807, 2.05) is 12.3 Å². The summed E-state index contributed by atoms with van der Waals surface area (Å²) in [5.74, 6) is 0.665. The maximum absolute atomic E-state index is 4.47. The zero-order valence-corrected chi connectivity index (χ0v) is 10.7. The number of piperidine rings is 1. The zero-order valence-electron chi connectivity index (χ0n) is 10.7. The molecule has 0 radical (unpaired) electrons. The molecule has 3 rings (SSSR count). The lowest BCUT2D eigenvalue weighted by Crippen LogP contribution is -2.34. The van der Waals surface area contributed by atoms with Crippen LogP contribution in [0.2, 0.25) is 0 Å². The first-order valence-corrected chi connectivity index (χ1v) is 6.69. The van der Waals surface area contributed by atoms with Crippen LogP contribution in [-0.4, -0.2) is 16.3 Å². The normalized spacial score (nSPS) is 24.1. The SMILES string of the molecule is CC1CCCNC1c1ccnn1-c1ccccc1. The molecular formula is C15H19N3. The van der Waals surface area contributed by atoms with Crippen molar-refractivity contribution in [3.8, 4) is 5.69 Å². The maximum atomic E-state index is 4.47. The van der Waals surface area contributed by atoms with E-state index in [0.29, 0.717) is 12.0 Å². The average Bonchev–Trinajstić information content (AvgIpc) is 2.89. The van der Waals surface area contributed by atoms with Crippen LogP contribution >= 0.6 is 0 Å². The smallest absolute Gasteiger partial charge is 0.0649 e. The largest absolute Gasteiger partial charge is 0.308 e. The van der Waals surface area contributed by atoms with Gasteiger partial charge in [0, 0.05) is 6.20 Å². The number of hydrogen-bond donors (Lipinski definition) is 1. The fraction of sp³-hybridized carbons (Fsp3) is 0.400. The first-order valence-electron chi connectivity index (χ1n) is 6.69. The summed E-state index contributed by atoms with van der Waals surface area (Å²) >= 11 is 0. The summed E-state index contributed by atoms with van der Waals surface area (Å²) in [7, 11) is 0. The second-order valence-electron chi connectivity index (χ2n) is 5.05. The Bertz CT molecular complexity index is 503. The Balaban J connectivity index is 1.96. The molecule has 2 aromatic rings. The molecule has 2 heterocycles. The minimum absolute atomic E-state index is 0.418. The Kier molecular flexibility index (Phi) is 3.15. The molecule has 2 atom stereocenters. The summed E-state index contributed by atoms with van der Waals surface area (Å²) in [6.45, 7) is 3.42. The van der Waals surface area contributed by atoms with Crippen molar-refractivity contribution in [1.82, 2.24) is 15.1 Å². The van der Waals surface area contributed by atoms with Gasteiger partial charge in [0.05, 0.1) is 17.4 Å². The third-order valence-corrected chi connectivity index (χ3v) is 3.76. The highest BCUT2D eigenvalue weighted by atomic mass is 15.3. The Morgan fingerprint density at radius 2 is 2.06 bits per heavy atom. The van der Waals surface area contributed by atoms with Crippen LogP contribution < -0.4 is 5.32 Å². The first kappa shape index (κ1) is 11.5. The van der Waals surface area contributed by atoms with Gasteiger partial charge in [0.15, 0.2) is 0 Å². The molecule has 18 heavy (non-hydrogen) atoms. The van der Waals surface area contributed by atoms with Gasteiger partial charge in [0.25, 0.3) is 0 Å². The second-order valence-corrected chi connectivity index (χ2v) is 5.05. The molecule has 2 unspecified atom stereocenters. The molecule has 0 saturated carbocycles. The van der Waals surface area contributed by atoms with Gasteiger partial charge < -0.3 is 5.32 Å². The summed E-state index contributed by atoms with van der Waals surface area (Å²) in [5.41, 5.74) is 2.41. The standard InChI is InChI=1S/C15H19N3/c1-12-6-5-10-16-15(12)14-9-11-17-18(14)13-7-3-2-4-8-13/h2-4,7-9,11-12,15-16H,5-6,10H2,1H3. The van der Waals surface area contributed by atoms with E-state index in [4.69, 9.17) is 0 Å². The molecule has 3 nitrogen and oxygen atoms in total.